The molecule has 6 heteroatoms. The molecule has 1 aliphatic heterocycles. The van der Waals surface area contributed by atoms with E-state index in [2.05, 4.69) is 41.5 Å². The van der Waals surface area contributed by atoms with Gasteiger partial charge in [0, 0.05) is 37.8 Å². The third-order valence-electron chi connectivity index (χ3n) is 5.14. The molecular weight excluding hydrogens is 316 g/mol. The molecule has 6 nitrogen and oxygen atoms in total. The van der Waals surface area contributed by atoms with Crippen molar-refractivity contribution in [3.8, 4) is 0 Å². The zero-order chi connectivity index (χ0) is 17.6. The van der Waals surface area contributed by atoms with Crippen LogP contribution in [0.1, 0.15) is 42.7 Å². The minimum atomic E-state index is -0.0918. The second-order valence-corrected chi connectivity index (χ2v) is 7.20. The van der Waals surface area contributed by atoms with Crippen molar-refractivity contribution in [1.29, 1.82) is 0 Å². The molecular formula is C19H24N4O2. The fourth-order valence-corrected chi connectivity index (χ4v) is 3.56. The smallest absolute Gasteiger partial charge is 0.322 e. The SMILES string of the molecule is Cc1noc(C2CC2)c1NC(=O)N1Cc2ccccc2N(C)C[C@H]1C. The number of hydrogen-bond acceptors (Lipinski definition) is 4. The molecule has 1 N–H and O–H groups in total. The van der Waals surface area contributed by atoms with Crippen molar-refractivity contribution in [2.75, 3.05) is 23.8 Å². The minimum absolute atomic E-state index is 0.0918. The summed E-state index contributed by atoms with van der Waals surface area (Å²) in [6, 6.07) is 8.27. The van der Waals surface area contributed by atoms with Crippen LogP contribution in [0.4, 0.5) is 16.2 Å². The van der Waals surface area contributed by atoms with Crippen LogP contribution in [0.3, 0.4) is 0 Å². The van der Waals surface area contributed by atoms with Crippen LogP contribution in [0, 0.1) is 6.92 Å². The van der Waals surface area contributed by atoms with Gasteiger partial charge in [-0.15, -0.1) is 0 Å². The van der Waals surface area contributed by atoms with Crippen LogP contribution in [-0.2, 0) is 6.54 Å². The summed E-state index contributed by atoms with van der Waals surface area (Å²) >= 11 is 0. The highest BCUT2D eigenvalue weighted by molar-refractivity contribution is 5.91. The predicted octanol–water partition coefficient (Wildman–Crippen LogP) is 3.73. The Kier molecular flexibility index (Phi) is 3.90. The maximum Gasteiger partial charge on any atom is 0.322 e. The van der Waals surface area contributed by atoms with E-state index in [1.807, 2.05) is 24.0 Å². The van der Waals surface area contributed by atoms with Gasteiger partial charge >= 0.3 is 6.03 Å². The summed E-state index contributed by atoms with van der Waals surface area (Å²) in [5.41, 5.74) is 3.85. The number of carbonyl (C=O) groups excluding carboxylic acids is 1. The second-order valence-electron chi connectivity index (χ2n) is 7.20. The number of fused-ring (bicyclic) bond motifs is 1. The highest BCUT2D eigenvalue weighted by Crippen LogP contribution is 2.44. The molecule has 1 atom stereocenters. The minimum Gasteiger partial charge on any atom is -0.372 e. The Bertz CT molecular complexity index is 796. The highest BCUT2D eigenvalue weighted by Gasteiger charge is 2.34. The van der Waals surface area contributed by atoms with Crippen molar-refractivity contribution in [1.82, 2.24) is 10.1 Å². The van der Waals surface area contributed by atoms with Crippen molar-refractivity contribution < 1.29 is 9.32 Å². The van der Waals surface area contributed by atoms with E-state index in [0.29, 0.717) is 12.5 Å². The van der Waals surface area contributed by atoms with Crippen molar-refractivity contribution in [2.45, 2.75) is 45.2 Å². The van der Waals surface area contributed by atoms with Gasteiger partial charge in [-0.2, -0.15) is 0 Å². The fraction of sp³-hybridized carbons (Fsp3) is 0.474. The van der Waals surface area contributed by atoms with Gasteiger partial charge < -0.3 is 19.6 Å². The number of anilines is 2. The average molecular weight is 340 g/mol. The Morgan fingerprint density at radius 1 is 1.32 bits per heavy atom. The number of hydrogen-bond donors (Lipinski definition) is 1. The van der Waals surface area contributed by atoms with E-state index in [9.17, 15) is 4.79 Å². The molecule has 2 heterocycles. The van der Waals surface area contributed by atoms with Crippen molar-refractivity contribution in [3.63, 3.8) is 0 Å². The van der Waals surface area contributed by atoms with Gasteiger partial charge in [0.25, 0.3) is 0 Å². The molecule has 25 heavy (non-hydrogen) atoms. The molecule has 1 aliphatic carbocycles. The number of likely N-dealkylation sites (N-methyl/N-ethyl adjacent to an activating group) is 1. The van der Waals surface area contributed by atoms with E-state index in [1.165, 1.54) is 5.69 Å². The highest BCUT2D eigenvalue weighted by atomic mass is 16.5. The molecule has 0 bridgehead atoms. The van der Waals surface area contributed by atoms with E-state index in [-0.39, 0.29) is 12.1 Å². The van der Waals surface area contributed by atoms with Crippen molar-refractivity contribution in [3.05, 3.63) is 41.3 Å². The Balaban J connectivity index is 1.58. The third kappa shape index (κ3) is 2.97. The molecule has 4 rings (SSSR count). The van der Waals surface area contributed by atoms with Gasteiger partial charge in [0.1, 0.15) is 11.4 Å². The summed E-state index contributed by atoms with van der Waals surface area (Å²) in [5.74, 6) is 1.23. The van der Waals surface area contributed by atoms with Crippen molar-refractivity contribution in [2.24, 2.45) is 0 Å². The van der Waals surface area contributed by atoms with Crippen LogP contribution in [0.25, 0.3) is 0 Å². The number of urea groups is 1. The Hall–Kier alpha value is -2.50. The lowest BCUT2D eigenvalue weighted by Gasteiger charge is -2.28. The Morgan fingerprint density at radius 3 is 2.84 bits per heavy atom. The van der Waals surface area contributed by atoms with Gasteiger partial charge in [0.05, 0.1) is 0 Å². The largest absolute Gasteiger partial charge is 0.372 e. The molecule has 0 saturated heterocycles. The molecule has 2 aromatic rings. The van der Waals surface area contributed by atoms with Gasteiger partial charge in [-0.3, -0.25) is 0 Å². The molecule has 0 radical (unpaired) electrons. The van der Waals surface area contributed by atoms with Crippen LogP contribution >= 0.6 is 0 Å². The molecule has 1 aromatic carbocycles. The zero-order valence-electron chi connectivity index (χ0n) is 15.0. The van der Waals surface area contributed by atoms with Crippen LogP contribution in [0.2, 0.25) is 0 Å². The summed E-state index contributed by atoms with van der Waals surface area (Å²) in [7, 11) is 2.08. The monoisotopic (exact) mass is 340 g/mol. The third-order valence-corrected chi connectivity index (χ3v) is 5.14. The first-order chi connectivity index (χ1) is 12.0. The number of rotatable bonds is 2. The lowest BCUT2D eigenvalue weighted by molar-refractivity contribution is 0.192. The lowest BCUT2D eigenvalue weighted by Crippen LogP contribution is -2.44. The topological polar surface area (TPSA) is 61.6 Å². The molecule has 1 saturated carbocycles. The summed E-state index contributed by atoms with van der Waals surface area (Å²) in [6.07, 6.45) is 2.21. The number of carbonyl (C=O) groups is 1. The van der Waals surface area contributed by atoms with E-state index in [4.69, 9.17) is 4.52 Å². The molecule has 1 aromatic heterocycles. The first-order valence-electron chi connectivity index (χ1n) is 8.87. The van der Waals surface area contributed by atoms with E-state index in [1.54, 1.807) is 0 Å². The Labute approximate surface area is 147 Å². The van der Waals surface area contributed by atoms with Crippen LogP contribution in [0.5, 0.6) is 0 Å². The normalized spacial score (nSPS) is 20.2. The predicted molar refractivity (Wildman–Crippen MR) is 97.0 cm³/mol. The average Bonchev–Trinajstić information content (AvgIpc) is 3.38. The molecule has 2 aliphatic rings. The maximum atomic E-state index is 13.0. The number of nitrogens with zero attached hydrogens (tertiary/aromatic N) is 3. The van der Waals surface area contributed by atoms with Crippen LogP contribution in [0.15, 0.2) is 28.8 Å². The number of aromatic nitrogens is 1. The van der Waals surface area contributed by atoms with Gasteiger partial charge in [-0.1, -0.05) is 23.4 Å². The van der Waals surface area contributed by atoms with E-state index >= 15 is 0 Å². The van der Waals surface area contributed by atoms with Gasteiger partial charge in [0.2, 0.25) is 0 Å². The van der Waals surface area contributed by atoms with E-state index in [0.717, 1.165) is 42.1 Å². The first-order valence-corrected chi connectivity index (χ1v) is 8.87. The fourth-order valence-electron chi connectivity index (χ4n) is 3.56. The van der Waals surface area contributed by atoms with E-state index < -0.39 is 0 Å². The number of amides is 2. The van der Waals surface area contributed by atoms with Gasteiger partial charge in [0.15, 0.2) is 5.76 Å². The number of nitrogens with one attached hydrogen (secondary N) is 1. The number of benzene rings is 1. The van der Waals surface area contributed by atoms with Gasteiger partial charge in [-0.25, -0.2) is 4.79 Å². The molecule has 2 amide bonds. The standard InChI is InChI=1S/C19H24N4O2/c1-12-10-22(3)16-7-5-4-6-15(16)11-23(12)19(24)20-17-13(2)21-25-18(17)14-8-9-14/h4-7,12,14H,8-11H2,1-3H3,(H,20,24)/t12-/m1/s1. The summed E-state index contributed by atoms with van der Waals surface area (Å²) < 4.78 is 5.44. The van der Waals surface area contributed by atoms with Crippen LogP contribution in [-0.4, -0.2) is 35.7 Å². The van der Waals surface area contributed by atoms with Crippen LogP contribution < -0.4 is 10.2 Å². The summed E-state index contributed by atoms with van der Waals surface area (Å²) in [5, 5.41) is 7.11. The number of para-hydroxylation sites is 1. The molecule has 1 fully saturated rings. The first kappa shape index (κ1) is 16.0. The summed E-state index contributed by atoms with van der Waals surface area (Å²) in [6.45, 7) is 5.35. The maximum absolute atomic E-state index is 13.0. The molecule has 0 spiro atoms. The van der Waals surface area contributed by atoms with Crippen molar-refractivity contribution >= 4 is 17.4 Å². The second kappa shape index (κ2) is 6.10. The molecule has 132 valence electrons. The zero-order valence-corrected chi connectivity index (χ0v) is 15.0. The Morgan fingerprint density at radius 2 is 2.08 bits per heavy atom. The number of aryl methyl sites for hydroxylation is 1. The summed E-state index contributed by atoms with van der Waals surface area (Å²) in [4.78, 5) is 17.1. The van der Waals surface area contributed by atoms with Gasteiger partial charge in [-0.05, 0) is 38.3 Å². The molecule has 0 unspecified atom stereocenters. The lowest BCUT2D eigenvalue weighted by atomic mass is 10.1. The quantitative estimate of drug-likeness (QED) is 0.905.